The van der Waals surface area contributed by atoms with Crippen LogP contribution < -0.4 is 5.32 Å². The van der Waals surface area contributed by atoms with Gasteiger partial charge < -0.3 is 10.4 Å². The first-order valence-electron chi connectivity index (χ1n) is 6.23. The first-order chi connectivity index (χ1) is 8.97. The molecule has 0 bridgehead atoms. The van der Waals surface area contributed by atoms with Gasteiger partial charge in [-0.05, 0) is 31.5 Å². The summed E-state index contributed by atoms with van der Waals surface area (Å²) in [6.45, 7) is 5.72. The minimum atomic E-state index is -0.896. The zero-order valence-electron chi connectivity index (χ0n) is 11.5. The van der Waals surface area contributed by atoms with E-state index >= 15 is 0 Å². The van der Waals surface area contributed by atoms with E-state index in [0.29, 0.717) is 18.0 Å². The molecule has 0 radical (unpaired) electrons. The van der Waals surface area contributed by atoms with Gasteiger partial charge in [-0.3, -0.25) is 9.69 Å². The fourth-order valence-corrected chi connectivity index (χ4v) is 2.71. The molecule has 0 unspecified atom stereocenters. The molecule has 0 fully saturated rings. The molecule has 2 N–H and O–H groups in total. The molecular formula is C13H20N2O3S. The second-order valence-electron chi connectivity index (χ2n) is 4.38. The number of aromatic carboxylic acids is 1. The van der Waals surface area contributed by atoms with Crippen molar-refractivity contribution in [2.75, 3.05) is 20.1 Å². The lowest BCUT2D eigenvalue weighted by atomic mass is 10.2. The molecular weight excluding hydrogens is 264 g/mol. The van der Waals surface area contributed by atoms with Crippen LogP contribution in [0.3, 0.4) is 0 Å². The third-order valence-corrected chi connectivity index (χ3v) is 3.89. The normalized spacial score (nSPS) is 10.7. The third kappa shape index (κ3) is 4.65. The number of hydrogen-bond donors (Lipinski definition) is 2. The zero-order valence-corrected chi connectivity index (χ0v) is 12.3. The van der Waals surface area contributed by atoms with Crippen molar-refractivity contribution in [3.63, 3.8) is 0 Å². The Morgan fingerprint density at radius 3 is 2.63 bits per heavy atom. The molecule has 0 spiro atoms. The van der Waals surface area contributed by atoms with Crippen LogP contribution in [0.25, 0.3) is 0 Å². The molecule has 0 aliphatic rings. The molecule has 6 heteroatoms. The predicted octanol–water partition coefficient (Wildman–Crippen LogP) is 1.71. The van der Waals surface area contributed by atoms with Gasteiger partial charge in [-0.1, -0.05) is 6.92 Å². The van der Waals surface area contributed by atoms with Crippen molar-refractivity contribution in [2.24, 2.45) is 0 Å². The number of carboxylic acids is 1. The Morgan fingerprint density at radius 2 is 2.16 bits per heavy atom. The second kappa shape index (κ2) is 7.25. The van der Waals surface area contributed by atoms with Gasteiger partial charge in [0.1, 0.15) is 4.88 Å². The van der Waals surface area contributed by atoms with Crippen LogP contribution in [0.2, 0.25) is 0 Å². The Bertz CT molecular complexity index is 457. The van der Waals surface area contributed by atoms with E-state index in [1.54, 1.807) is 13.1 Å². The van der Waals surface area contributed by atoms with Gasteiger partial charge in [0.05, 0.1) is 6.54 Å². The number of nitrogens with one attached hydrogen (secondary N) is 1. The van der Waals surface area contributed by atoms with Gasteiger partial charge in [-0.15, -0.1) is 11.3 Å². The summed E-state index contributed by atoms with van der Waals surface area (Å²) < 4.78 is 0. The second-order valence-corrected chi connectivity index (χ2v) is 5.64. The molecule has 1 rings (SSSR count). The van der Waals surface area contributed by atoms with E-state index < -0.39 is 5.97 Å². The highest BCUT2D eigenvalue weighted by molar-refractivity contribution is 7.14. The molecule has 0 aromatic carbocycles. The summed E-state index contributed by atoms with van der Waals surface area (Å²) in [7, 11) is 1.62. The van der Waals surface area contributed by atoms with Crippen LogP contribution in [0.1, 0.15) is 33.5 Å². The lowest BCUT2D eigenvalue weighted by Gasteiger charge is -2.20. The van der Waals surface area contributed by atoms with Crippen molar-refractivity contribution in [2.45, 2.75) is 26.8 Å². The Hall–Kier alpha value is -1.40. The highest BCUT2D eigenvalue weighted by atomic mass is 32.1. The molecule has 19 heavy (non-hydrogen) atoms. The van der Waals surface area contributed by atoms with E-state index in [1.165, 1.54) is 11.3 Å². The van der Waals surface area contributed by atoms with Gasteiger partial charge in [-0.25, -0.2) is 4.79 Å². The fourth-order valence-electron chi connectivity index (χ4n) is 1.84. The van der Waals surface area contributed by atoms with E-state index in [1.807, 2.05) is 11.8 Å². The SMILES string of the molecule is CCCN(CC(=O)NC)Cc1cc(C(=O)O)sc1C. The van der Waals surface area contributed by atoms with Gasteiger partial charge in [-0.2, -0.15) is 0 Å². The maximum Gasteiger partial charge on any atom is 0.345 e. The summed E-state index contributed by atoms with van der Waals surface area (Å²) in [6, 6.07) is 1.70. The highest BCUT2D eigenvalue weighted by Gasteiger charge is 2.15. The minimum Gasteiger partial charge on any atom is -0.477 e. The number of amides is 1. The van der Waals surface area contributed by atoms with Crippen molar-refractivity contribution in [3.8, 4) is 0 Å². The largest absolute Gasteiger partial charge is 0.477 e. The third-order valence-electron chi connectivity index (χ3n) is 2.81. The summed E-state index contributed by atoms with van der Waals surface area (Å²) in [5, 5.41) is 11.6. The lowest BCUT2D eigenvalue weighted by molar-refractivity contribution is -0.121. The zero-order chi connectivity index (χ0) is 14.4. The summed E-state index contributed by atoms with van der Waals surface area (Å²) in [5.41, 5.74) is 0.986. The van der Waals surface area contributed by atoms with E-state index in [-0.39, 0.29) is 5.91 Å². The Balaban J connectivity index is 2.78. The number of hydrogen-bond acceptors (Lipinski definition) is 4. The van der Waals surface area contributed by atoms with Crippen molar-refractivity contribution >= 4 is 23.2 Å². The van der Waals surface area contributed by atoms with Gasteiger partial charge in [0.25, 0.3) is 0 Å². The van der Waals surface area contributed by atoms with Gasteiger partial charge in [0.15, 0.2) is 0 Å². The first kappa shape index (κ1) is 15.7. The Morgan fingerprint density at radius 1 is 1.47 bits per heavy atom. The molecule has 1 heterocycles. The van der Waals surface area contributed by atoms with Crippen molar-refractivity contribution < 1.29 is 14.7 Å². The van der Waals surface area contributed by atoms with Crippen LogP contribution in [0.4, 0.5) is 0 Å². The van der Waals surface area contributed by atoms with Crippen LogP contribution >= 0.6 is 11.3 Å². The molecule has 1 aromatic heterocycles. The number of nitrogens with zero attached hydrogens (tertiary/aromatic N) is 1. The monoisotopic (exact) mass is 284 g/mol. The highest BCUT2D eigenvalue weighted by Crippen LogP contribution is 2.23. The molecule has 0 aliphatic heterocycles. The molecule has 0 atom stereocenters. The lowest BCUT2D eigenvalue weighted by Crippen LogP contribution is -2.35. The standard InChI is InChI=1S/C13H20N2O3S/c1-4-5-15(8-12(16)14-3)7-10-6-11(13(17)18)19-9(10)2/h6H,4-5,7-8H2,1-3H3,(H,14,16)(H,17,18). The van der Waals surface area contributed by atoms with Crippen molar-refractivity contribution in [1.82, 2.24) is 10.2 Å². The predicted molar refractivity (Wildman–Crippen MR) is 75.7 cm³/mol. The van der Waals surface area contributed by atoms with E-state index in [0.717, 1.165) is 23.4 Å². The van der Waals surface area contributed by atoms with Crippen LogP contribution in [0, 0.1) is 6.92 Å². The van der Waals surface area contributed by atoms with Crippen LogP contribution in [-0.4, -0.2) is 42.0 Å². The molecule has 1 aromatic rings. The number of rotatable bonds is 7. The average Bonchev–Trinajstić information content (AvgIpc) is 2.71. The Kier molecular flexibility index (Phi) is 5.98. The number of thiophene rings is 1. The smallest absolute Gasteiger partial charge is 0.345 e. The molecule has 0 saturated carbocycles. The van der Waals surface area contributed by atoms with Gasteiger partial charge >= 0.3 is 5.97 Å². The molecule has 5 nitrogen and oxygen atoms in total. The summed E-state index contributed by atoms with van der Waals surface area (Å²) in [5.74, 6) is -0.924. The number of carbonyl (C=O) groups excluding carboxylic acids is 1. The van der Waals surface area contributed by atoms with E-state index in [2.05, 4.69) is 12.2 Å². The molecule has 0 aliphatic carbocycles. The molecule has 106 valence electrons. The summed E-state index contributed by atoms with van der Waals surface area (Å²) in [6.07, 6.45) is 0.950. The number of likely N-dealkylation sites (N-methyl/N-ethyl adjacent to an activating group) is 1. The van der Waals surface area contributed by atoms with Crippen LogP contribution in [-0.2, 0) is 11.3 Å². The first-order valence-corrected chi connectivity index (χ1v) is 7.05. The van der Waals surface area contributed by atoms with Crippen molar-refractivity contribution in [1.29, 1.82) is 0 Å². The number of carboxylic acid groups (broad SMARTS) is 1. The van der Waals surface area contributed by atoms with Gasteiger partial charge in [0.2, 0.25) is 5.91 Å². The topological polar surface area (TPSA) is 69.6 Å². The van der Waals surface area contributed by atoms with Crippen LogP contribution in [0.5, 0.6) is 0 Å². The van der Waals surface area contributed by atoms with E-state index in [4.69, 9.17) is 5.11 Å². The van der Waals surface area contributed by atoms with E-state index in [9.17, 15) is 9.59 Å². The van der Waals surface area contributed by atoms with Crippen LogP contribution in [0.15, 0.2) is 6.07 Å². The average molecular weight is 284 g/mol. The maximum atomic E-state index is 11.4. The summed E-state index contributed by atoms with van der Waals surface area (Å²) in [4.78, 5) is 25.7. The molecule has 0 saturated heterocycles. The number of aryl methyl sites for hydroxylation is 1. The molecule has 1 amide bonds. The van der Waals surface area contributed by atoms with Gasteiger partial charge in [0, 0.05) is 18.5 Å². The summed E-state index contributed by atoms with van der Waals surface area (Å²) >= 11 is 1.28. The minimum absolute atomic E-state index is 0.0280. The van der Waals surface area contributed by atoms with Crippen molar-refractivity contribution in [3.05, 3.63) is 21.4 Å². The quantitative estimate of drug-likeness (QED) is 0.800. The Labute approximate surface area is 117 Å². The number of carbonyl (C=O) groups is 2. The fraction of sp³-hybridized carbons (Fsp3) is 0.538. The maximum absolute atomic E-state index is 11.4.